The van der Waals surface area contributed by atoms with Crippen LogP contribution < -0.4 is 5.32 Å². The lowest BCUT2D eigenvalue weighted by Gasteiger charge is -2.27. The third kappa shape index (κ3) is 3.04. The quantitative estimate of drug-likeness (QED) is 0.786. The van der Waals surface area contributed by atoms with Crippen LogP contribution in [-0.2, 0) is 0 Å². The summed E-state index contributed by atoms with van der Waals surface area (Å²) < 4.78 is 5.63. The van der Waals surface area contributed by atoms with Crippen LogP contribution in [0.4, 0.5) is 0 Å². The number of rotatable bonds is 6. The summed E-state index contributed by atoms with van der Waals surface area (Å²) in [5, 5.41) is 13.3. The second-order valence-electron chi connectivity index (χ2n) is 4.49. The number of aromatic nitrogens is 1. The van der Waals surface area contributed by atoms with Crippen molar-refractivity contribution in [1.82, 2.24) is 10.3 Å². The molecule has 0 amide bonds. The Bertz CT molecular complexity index is 481. The van der Waals surface area contributed by atoms with Crippen LogP contribution in [0.2, 0.25) is 0 Å². The summed E-state index contributed by atoms with van der Waals surface area (Å²) in [4.78, 5) is 4.40. The molecule has 0 bridgehead atoms. The van der Waals surface area contributed by atoms with Crippen LogP contribution in [0.5, 0.6) is 0 Å². The number of nitrogens with zero attached hydrogens (tertiary/aromatic N) is 1. The van der Waals surface area contributed by atoms with E-state index in [-0.39, 0.29) is 12.1 Å². The van der Waals surface area contributed by atoms with Crippen LogP contribution in [0.15, 0.2) is 33.9 Å². The molecule has 0 saturated heterocycles. The molecule has 0 saturated carbocycles. The topological polar surface area (TPSA) is 58.3 Å². The summed E-state index contributed by atoms with van der Waals surface area (Å²) in [6.07, 6.45) is 0. The van der Waals surface area contributed by atoms with E-state index < -0.39 is 0 Å². The summed E-state index contributed by atoms with van der Waals surface area (Å²) in [6.45, 7) is 4.93. The lowest BCUT2D eigenvalue weighted by molar-refractivity contribution is 0.194. The minimum absolute atomic E-state index is 0.0913. The molecule has 1 atom stereocenters. The van der Waals surface area contributed by atoms with E-state index in [9.17, 15) is 5.11 Å². The van der Waals surface area contributed by atoms with Gasteiger partial charge in [0.1, 0.15) is 5.52 Å². The fourth-order valence-corrected chi connectivity index (χ4v) is 2.66. The first-order chi connectivity index (χ1) is 8.67. The summed E-state index contributed by atoms with van der Waals surface area (Å²) >= 11 is 1.52. The van der Waals surface area contributed by atoms with Gasteiger partial charge in [-0.2, -0.15) is 0 Å². The first-order valence-electron chi connectivity index (χ1n) is 6.01. The molecule has 4 nitrogen and oxygen atoms in total. The van der Waals surface area contributed by atoms with Crippen LogP contribution in [0.25, 0.3) is 11.1 Å². The molecule has 2 N–H and O–H groups in total. The number of aliphatic hydroxyl groups is 1. The maximum absolute atomic E-state index is 9.41. The minimum atomic E-state index is -0.305. The second kappa shape index (κ2) is 5.73. The van der Waals surface area contributed by atoms with Crippen LogP contribution in [0, 0.1) is 0 Å². The Morgan fingerprint density at radius 1 is 1.44 bits per heavy atom. The van der Waals surface area contributed by atoms with Gasteiger partial charge in [-0.1, -0.05) is 30.8 Å². The van der Waals surface area contributed by atoms with E-state index >= 15 is 0 Å². The molecule has 1 unspecified atom stereocenters. The zero-order chi connectivity index (χ0) is 13.0. The zero-order valence-electron chi connectivity index (χ0n) is 10.6. The molecule has 0 spiro atoms. The van der Waals surface area contributed by atoms with Crippen LogP contribution in [0.3, 0.4) is 0 Å². The Hall–Kier alpha value is -1.04. The highest BCUT2D eigenvalue weighted by Gasteiger charge is 2.23. The fourth-order valence-electron chi connectivity index (χ4n) is 1.71. The van der Waals surface area contributed by atoms with E-state index in [0.29, 0.717) is 11.0 Å². The molecular formula is C13H18N2O2S. The highest BCUT2D eigenvalue weighted by atomic mass is 32.2. The van der Waals surface area contributed by atoms with Gasteiger partial charge in [-0.15, -0.1) is 0 Å². The van der Waals surface area contributed by atoms with Crippen molar-refractivity contribution in [3.63, 3.8) is 0 Å². The van der Waals surface area contributed by atoms with Crippen LogP contribution in [0.1, 0.15) is 13.8 Å². The number of thioether (sulfide) groups is 1. The molecule has 18 heavy (non-hydrogen) atoms. The SMILES string of the molecule is CCNC(C)(CO)CSc1nc2ccccc2o1. The molecule has 98 valence electrons. The number of hydrogen-bond acceptors (Lipinski definition) is 5. The standard InChI is InChI=1S/C13H18N2O2S/c1-3-14-13(2,8-16)9-18-12-15-10-6-4-5-7-11(10)17-12/h4-7,14,16H,3,8-9H2,1-2H3. The molecule has 1 aromatic carbocycles. The molecule has 0 radical (unpaired) electrons. The van der Waals surface area contributed by atoms with Gasteiger partial charge in [-0.05, 0) is 25.6 Å². The molecule has 0 aliphatic rings. The van der Waals surface area contributed by atoms with E-state index in [2.05, 4.69) is 10.3 Å². The Kier molecular flexibility index (Phi) is 4.27. The van der Waals surface area contributed by atoms with Crippen molar-refractivity contribution < 1.29 is 9.52 Å². The molecule has 2 rings (SSSR count). The monoisotopic (exact) mass is 266 g/mol. The molecule has 5 heteroatoms. The number of fused-ring (bicyclic) bond motifs is 1. The summed E-state index contributed by atoms with van der Waals surface area (Å²) in [7, 11) is 0. The number of aliphatic hydroxyl groups excluding tert-OH is 1. The van der Waals surface area contributed by atoms with Gasteiger partial charge in [0.05, 0.1) is 6.61 Å². The fraction of sp³-hybridized carbons (Fsp3) is 0.462. The van der Waals surface area contributed by atoms with Crippen molar-refractivity contribution in [2.75, 3.05) is 18.9 Å². The predicted octanol–water partition coefficient (Wildman–Crippen LogP) is 2.28. The van der Waals surface area contributed by atoms with Gasteiger partial charge in [0.25, 0.3) is 5.22 Å². The first-order valence-corrected chi connectivity index (χ1v) is 7.00. The average Bonchev–Trinajstić information content (AvgIpc) is 2.79. The maximum atomic E-state index is 9.41. The maximum Gasteiger partial charge on any atom is 0.256 e. The third-order valence-corrected chi connectivity index (χ3v) is 3.94. The number of nitrogens with one attached hydrogen (secondary N) is 1. The van der Waals surface area contributed by atoms with Crippen LogP contribution in [-0.4, -0.2) is 34.5 Å². The van der Waals surface area contributed by atoms with Gasteiger partial charge in [0.15, 0.2) is 5.58 Å². The predicted molar refractivity (Wildman–Crippen MR) is 73.9 cm³/mol. The van der Waals surface area contributed by atoms with Gasteiger partial charge in [0.2, 0.25) is 0 Å². The first kappa shape index (κ1) is 13.4. The van der Waals surface area contributed by atoms with Crippen molar-refractivity contribution in [3.8, 4) is 0 Å². The Morgan fingerprint density at radius 2 is 2.22 bits per heavy atom. The number of benzene rings is 1. The molecule has 0 fully saturated rings. The minimum Gasteiger partial charge on any atom is -0.431 e. The zero-order valence-corrected chi connectivity index (χ0v) is 11.5. The van der Waals surface area contributed by atoms with E-state index in [0.717, 1.165) is 17.6 Å². The van der Waals surface area contributed by atoms with Crippen molar-refractivity contribution in [1.29, 1.82) is 0 Å². The number of likely N-dealkylation sites (N-methyl/N-ethyl adjacent to an activating group) is 1. The van der Waals surface area contributed by atoms with Gasteiger partial charge < -0.3 is 14.8 Å². The van der Waals surface area contributed by atoms with Crippen molar-refractivity contribution in [2.24, 2.45) is 0 Å². The lowest BCUT2D eigenvalue weighted by Crippen LogP contribution is -2.47. The van der Waals surface area contributed by atoms with Crippen LogP contribution >= 0.6 is 11.8 Å². The van der Waals surface area contributed by atoms with Gasteiger partial charge in [-0.3, -0.25) is 0 Å². The molecule has 0 aliphatic carbocycles. The van der Waals surface area contributed by atoms with Gasteiger partial charge in [0, 0.05) is 11.3 Å². The molecule has 1 aromatic heterocycles. The summed E-state index contributed by atoms with van der Waals surface area (Å²) in [5.41, 5.74) is 1.36. The normalized spacial score (nSPS) is 14.8. The molecule has 0 aliphatic heterocycles. The molecule has 1 heterocycles. The number of hydrogen-bond donors (Lipinski definition) is 2. The van der Waals surface area contributed by atoms with E-state index in [4.69, 9.17) is 4.42 Å². The molecular weight excluding hydrogens is 248 g/mol. The van der Waals surface area contributed by atoms with E-state index in [1.807, 2.05) is 38.1 Å². The van der Waals surface area contributed by atoms with Crippen molar-refractivity contribution in [2.45, 2.75) is 24.6 Å². The van der Waals surface area contributed by atoms with Crippen molar-refractivity contribution >= 4 is 22.9 Å². The Balaban J connectivity index is 2.05. The van der Waals surface area contributed by atoms with Gasteiger partial charge in [-0.25, -0.2) is 4.98 Å². The van der Waals surface area contributed by atoms with E-state index in [1.165, 1.54) is 11.8 Å². The third-order valence-electron chi connectivity index (χ3n) is 2.74. The highest BCUT2D eigenvalue weighted by molar-refractivity contribution is 7.99. The summed E-state index contributed by atoms with van der Waals surface area (Å²) in [5.74, 6) is 0.712. The number of para-hydroxylation sites is 2. The number of oxazole rings is 1. The van der Waals surface area contributed by atoms with Crippen molar-refractivity contribution in [3.05, 3.63) is 24.3 Å². The van der Waals surface area contributed by atoms with E-state index in [1.54, 1.807) is 0 Å². The summed E-state index contributed by atoms with van der Waals surface area (Å²) in [6, 6.07) is 7.70. The Morgan fingerprint density at radius 3 is 2.89 bits per heavy atom. The lowest BCUT2D eigenvalue weighted by atomic mass is 10.1. The smallest absolute Gasteiger partial charge is 0.256 e. The largest absolute Gasteiger partial charge is 0.431 e. The molecule has 2 aromatic rings. The Labute approximate surface area is 111 Å². The highest BCUT2D eigenvalue weighted by Crippen LogP contribution is 2.25. The average molecular weight is 266 g/mol. The van der Waals surface area contributed by atoms with Gasteiger partial charge >= 0.3 is 0 Å². The second-order valence-corrected chi connectivity index (χ2v) is 5.41.